The molecule has 19 nitrogen and oxygen atoms in total. The van der Waals surface area contributed by atoms with Crippen molar-refractivity contribution in [1.82, 2.24) is 19.5 Å². The number of nitrogens with one attached hydrogen (secondary N) is 1. The molecular formula is C10H17N6O13P3. The lowest BCUT2D eigenvalue weighted by atomic mass is 10.1. The number of aromatic amines is 1. The summed E-state index contributed by atoms with van der Waals surface area (Å²) in [7, 11) is -16.7. The minimum absolute atomic E-state index is 0.0348. The van der Waals surface area contributed by atoms with Crippen molar-refractivity contribution >= 4 is 40.6 Å². The van der Waals surface area contributed by atoms with Crippen LogP contribution >= 0.6 is 23.5 Å². The number of aliphatic hydroxyl groups excluding tert-OH is 1. The fourth-order valence-corrected chi connectivity index (χ4v) is 5.79. The number of rotatable bonds is 8. The monoisotopic (exact) mass is 522 g/mol. The lowest BCUT2D eigenvalue weighted by Crippen LogP contribution is -2.40. The zero-order valence-electron chi connectivity index (χ0n) is 15.4. The quantitative estimate of drug-likeness (QED) is 0.168. The molecule has 0 aromatic carbocycles. The van der Waals surface area contributed by atoms with Gasteiger partial charge in [0.05, 0.1) is 19.0 Å². The van der Waals surface area contributed by atoms with Gasteiger partial charge in [-0.15, -0.1) is 0 Å². The molecule has 0 amide bonds. The van der Waals surface area contributed by atoms with Crippen LogP contribution in [0, 0.1) is 0 Å². The number of H-pyrrole nitrogens is 1. The number of ether oxygens (including phenoxy) is 1. The Morgan fingerprint density at radius 1 is 1.19 bits per heavy atom. The zero-order chi connectivity index (χ0) is 24.1. The Labute approximate surface area is 176 Å². The molecule has 3 rings (SSSR count). The predicted molar refractivity (Wildman–Crippen MR) is 100 cm³/mol. The molecule has 0 saturated carbocycles. The van der Waals surface area contributed by atoms with Gasteiger partial charge in [0.15, 0.2) is 17.4 Å². The molecule has 180 valence electrons. The van der Waals surface area contributed by atoms with E-state index in [9.17, 15) is 28.5 Å². The SMILES string of the molecule is Nc1nc2c(ncn2[C@@H]2O[C@H](COP(=O)(O)OP(=O)(O)OP(=O)(O)O)C(O)[C@@H]2N)c(=O)[nH]1. The van der Waals surface area contributed by atoms with Crippen LogP contribution in [0.5, 0.6) is 0 Å². The molecule has 32 heavy (non-hydrogen) atoms. The second-order valence-corrected chi connectivity index (χ2v) is 10.7. The lowest BCUT2D eigenvalue weighted by Gasteiger charge is -2.19. The molecule has 1 aliphatic heterocycles. The molecule has 6 atom stereocenters. The summed E-state index contributed by atoms with van der Waals surface area (Å²) in [5.74, 6) is -0.236. The van der Waals surface area contributed by atoms with Gasteiger partial charge in [0.2, 0.25) is 5.95 Å². The summed E-state index contributed by atoms with van der Waals surface area (Å²) in [5.41, 5.74) is 10.6. The van der Waals surface area contributed by atoms with Crippen LogP contribution in [0.1, 0.15) is 6.23 Å². The molecule has 2 aromatic heterocycles. The van der Waals surface area contributed by atoms with Gasteiger partial charge >= 0.3 is 23.5 Å². The molecule has 0 bridgehead atoms. The van der Waals surface area contributed by atoms with E-state index in [1.807, 2.05) is 0 Å². The van der Waals surface area contributed by atoms with E-state index in [0.717, 1.165) is 6.33 Å². The molecule has 10 N–H and O–H groups in total. The van der Waals surface area contributed by atoms with Crippen molar-refractivity contribution in [3.8, 4) is 0 Å². The third-order valence-corrected chi connectivity index (χ3v) is 7.76. The Balaban J connectivity index is 1.72. The van der Waals surface area contributed by atoms with Gasteiger partial charge in [0, 0.05) is 0 Å². The van der Waals surface area contributed by atoms with Crippen molar-refractivity contribution in [2.45, 2.75) is 24.5 Å². The van der Waals surface area contributed by atoms with E-state index in [2.05, 4.69) is 28.1 Å². The maximum absolute atomic E-state index is 11.9. The van der Waals surface area contributed by atoms with Crippen molar-refractivity contribution in [3.05, 3.63) is 16.7 Å². The maximum atomic E-state index is 11.9. The van der Waals surface area contributed by atoms with Gasteiger partial charge in [-0.25, -0.2) is 18.7 Å². The Morgan fingerprint density at radius 2 is 1.84 bits per heavy atom. The number of anilines is 1. The second-order valence-electron chi connectivity index (χ2n) is 6.30. The van der Waals surface area contributed by atoms with E-state index >= 15 is 0 Å². The Bertz CT molecular complexity index is 1210. The number of nitrogen functional groups attached to an aromatic ring is 1. The van der Waals surface area contributed by atoms with Gasteiger partial charge in [-0.05, 0) is 0 Å². The molecule has 3 heterocycles. The minimum Gasteiger partial charge on any atom is -0.389 e. The average molecular weight is 522 g/mol. The van der Waals surface area contributed by atoms with E-state index < -0.39 is 60.1 Å². The van der Waals surface area contributed by atoms with Crippen LogP contribution in [0.2, 0.25) is 0 Å². The number of fused-ring (bicyclic) bond motifs is 1. The molecule has 2 aromatic rings. The third kappa shape index (κ3) is 5.67. The van der Waals surface area contributed by atoms with Gasteiger partial charge in [0.25, 0.3) is 5.56 Å². The maximum Gasteiger partial charge on any atom is 0.490 e. The summed E-state index contributed by atoms with van der Waals surface area (Å²) < 4.78 is 52.0. The van der Waals surface area contributed by atoms with E-state index in [1.165, 1.54) is 4.57 Å². The number of phosphoric acid groups is 3. The fourth-order valence-electron chi connectivity index (χ4n) is 2.76. The molecule has 1 saturated heterocycles. The summed E-state index contributed by atoms with van der Waals surface area (Å²) in [6, 6.07) is -1.19. The summed E-state index contributed by atoms with van der Waals surface area (Å²) >= 11 is 0. The molecule has 1 fully saturated rings. The summed E-state index contributed by atoms with van der Waals surface area (Å²) in [4.78, 5) is 57.5. The molecule has 0 radical (unpaired) electrons. The third-order valence-electron chi connectivity index (χ3n) is 3.96. The second kappa shape index (κ2) is 8.66. The van der Waals surface area contributed by atoms with E-state index in [-0.39, 0.29) is 17.1 Å². The number of nitrogens with zero attached hydrogens (tertiary/aromatic N) is 3. The Morgan fingerprint density at radius 3 is 2.47 bits per heavy atom. The van der Waals surface area contributed by atoms with Crippen LogP contribution in [-0.2, 0) is 31.6 Å². The molecule has 0 aliphatic carbocycles. The highest BCUT2D eigenvalue weighted by molar-refractivity contribution is 7.66. The van der Waals surface area contributed by atoms with Crippen LogP contribution in [-0.4, -0.2) is 69.1 Å². The highest BCUT2D eigenvalue weighted by Crippen LogP contribution is 2.66. The fraction of sp³-hybridized carbons (Fsp3) is 0.500. The van der Waals surface area contributed by atoms with E-state index in [0.29, 0.717) is 0 Å². The largest absolute Gasteiger partial charge is 0.490 e. The first-order chi connectivity index (χ1) is 14.6. The number of hydrogen-bond donors (Lipinski definition) is 8. The minimum atomic E-state index is -5.71. The smallest absolute Gasteiger partial charge is 0.389 e. The van der Waals surface area contributed by atoms with Crippen LogP contribution < -0.4 is 17.0 Å². The summed E-state index contributed by atoms with van der Waals surface area (Å²) in [5, 5.41) is 10.3. The van der Waals surface area contributed by atoms with Gasteiger partial charge in [-0.1, -0.05) is 0 Å². The topological polar surface area (TPSA) is 305 Å². The first-order valence-corrected chi connectivity index (χ1v) is 12.7. The normalized spacial score (nSPS) is 27.9. The number of aromatic nitrogens is 4. The average Bonchev–Trinajstić information content (AvgIpc) is 3.12. The zero-order valence-corrected chi connectivity index (χ0v) is 18.1. The van der Waals surface area contributed by atoms with Gasteiger partial charge in [0.1, 0.15) is 12.2 Å². The van der Waals surface area contributed by atoms with Gasteiger partial charge < -0.3 is 40.9 Å². The number of aliphatic hydroxyl groups is 1. The highest BCUT2D eigenvalue weighted by atomic mass is 31.3. The highest BCUT2D eigenvalue weighted by Gasteiger charge is 2.46. The number of nitrogens with two attached hydrogens (primary N) is 2. The Kier molecular flexibility index (Phi) is 6.78. The first-order valence-electron chi connectivity index (χ1n) is 8.18. The first kappa shape index (κ1) is 25.1. The molecule has 22 heteroatoms. The van der Waals surface area contributed by atoms with Crippen molar-refractivity contribution in [2.75, 3.05) is 12.3 Å². The molecule has 0 spiro atoms. The van der Waals surface area contributed by atoms with Crippen LogP contribution in [0.25, 0.3) is 11.2 Å². The van der Waals surface area contributed by atoms with E-state index in [1.54, 1.807) is 0 Å². The molecule has 3 unspecified atom stereocenters. The van der Waals surface area contributed by atoms with Gasteiger partial charge in [-0.2, -0.15) is 13.6 Å². The molecule has 1 aliphatic rings. The lowest BCUT2D eigenvalue weighted by molar-refractivity contribution is -0.0428. The van der Waals surface area contributed by atoms with Crippen LogP contribution in [0.3, 0.4) is 0 Å². The molecular weight excluding hydrogens is 505 g/mol. The summed E-state index contributed by atoms with van der Waals surface area (Å²) in [6.45, 7) is -0.933. The summed E-state index contributed by atoms with van der Waals surface area (Å²) in [6.07, 6.45) is -2.99. The van der Waals surface area contributed by atoms with Crippen molar-refractivity contribution in [1.29, 1.82) is 0 Å². The van der Waals surface area contributed by atoms with Crippen molar-refractivity contribution in [2.24, 2.45) is 5.73 Å². The number of imidazole rings is 1. The van der Waals surface area contributed by atoms with Crippen molar-refractivity contribution in [3.63, 3.8) is 0 Å². The van der Waals surface area contributed by atoms with Gasteiger partial charge in [-0.3, -0.25) is 18.9 Å². The standard InChI is InChI=1S/C10H17N6O13P3/c11-4-6(17)3(1-26-31(22,23)29-32(24,25)28-30(19,20)21)27-9(4)16-2-13-5-7(16)14-10(12)15-8(5)18/h2-4,6,9,17H,1,11H2,(H,22,23)(H,24,25)(H2,19,20,21)(H3,12,14,15,18)/t3-,4+,6?,9-/m1/s1. The Hall–Kier alpha value is -1.56. The van der Waals surface area contributed by atoms with Crippen LogP contribution in [0.4, 0.5) is 5.95 Å². The van der Waals surface area contributed by atoms with Crippen molar-refractivity contribution < 1.29 is 56.3 Å². The predicted octanol–water partition coefficient (Wildman–Crippen LogP) is -2.37. The van der Waals surface area contributed by atoms with E-state index in [4.69, 9.17) is 30.9 Å². The number of phosphoric ester groups is 1. The van der Waals surface area contributed by atoms with Crippen LogP contribution in [0.15, 0.2) is 11.1 Å². The number of hydrogen-bond acceptors (Lipinski definition) is 13.